The zero-order chi connectivity index (χ0) is 38.3. The van der Waals surface area contributed by atoms with Crippen molar-refractivity contribution in [1.82, 2.24) is 0 Å². The van der Waals surface area contributed by atoms with Crippen LogP contribution in [0.1, 0.15) is 0 Å². The number of furan rings is 2. The average molecular weight is 751 g/mol. The predicted molar refractivity (Wildman–Crippen MR) is 245 cm³/mol. The molecule has 11 aromatic carbocycles. The van der Waals surface area contributed by atoms with E-state index in [9.17, 15) is 0 Å². The SMILES string of the molecule is c1ccc2cc3c(cc2c1)oc1c(-c2ccc4c(c2)Oc2cccc5c(-c6cc7ccccc7c7c6oc6cc8ccccc8cc67)ccc-4c25)cc2ccccc2c13. The smallest absolute Gasteiger partial charge is 0.143 e. The highest BCUT2D eigenvalue weighted by molar-refractivity contribution is 6.26. The average Bonchev–Trinajstić information content (AvgIpc) is 3.85. The van der Waals surface area contributed by atoms with Crippen LogP contribution in [0.5, 0.6) is 11.5 Å². The molecule has 1 aliphatic heterocycles. The van der Waals surface area contributed by atoms with E-state index in [1.54, 1.807) is 0 Å². The van der Waals surface area contributed by atoms with Crippen LogP contribution >= 0.6 is 0 Å². The van der Waals surface area contributed by atoms with Gasteiger partial charge in [0.15, 0.2) is 0 Å². The monoisotopic (exact) mass is 750 g/mol. The van der Waals surface area contributed by atoms with E-state index in [0.717, 1.165) is 99.5 Å². The Balaban J connectivity index is 0.967. The first-order valence-corrected chi connectivity index (χ1v) is 20.1. The first-order valence-electron chi connectivity index (χ1n) is 20.1. The van der Waals surface area contributed by atoms with Gasteiger partial charge in [-0.25, -0.2) is 0 Å². The summed E-state index contributed by atoms with van der Waals surface area (Å²) in [5, 5.41) is 16.2. The van der Waals surface area contributed by atoms with Gasteiger partial charge in [-0.2, -0.15) is 0 Å². The van der Waals surface area contributed by atoms with Crippen molar-refractivity contribution < 1.29 is 13.6 Å². The van der Waals surface area contributed by atoms with Gasteiger partial charge in [0, 0.05) is 43.6 Å². The molecule has 0 spiro atoms. The molecule has 3 heterocycles. The van der Waals surface area contributed by atoms with Gasteiger partial charge in [-0.15, -0.1) is 0 Å². The van der Waals surface area contributed by atoms with Gasteiger partial charge in [-0.3, -0.25) is 0 Å². The van der Waals surface area contributed by atoms with Crippen LogP contribution in [-0.2, 0) is 0 Å². The summed E-state index contributed by atoms with van der Waals surface area (Å²) in [6.45, 7) is 0. The summed E-state index contributed by atoms with van der Waals surface area (Å²) >= 11 is 0. The Kier molecular flexibility index (Phi) is 6.02. The van der Waals surface area contributed by atoms with Gasteiger partial charge in [-0.1, -0.05) is 127 Å². The largest absolute Gasteiger partial charge is 0.456 e. The molecule has 3 nitrogen and oxygen atoms in total. The molecule has 0 N–H and O–H groups in total. The molecule has 272 valence electrons. The standard InChI is InChI=1S/C56H30O3/c1-3-12-33-28-50-46(24-31(33)10-1)53-38-16-7-5-14-35(38)26-44(55(53)58-50)37-20-21-41-43-23-22-40(42-18-9-19-48(52(42)43)57-49(41)30-37)45-27-36-15-6-8-17-39(36)54-47-25-32-11-2-4-13-34(32)29-51(47)59-56(45)54/h1-30H. The number of rotatable bonds is 2. The molecular formula is C56H30O3. The molecule has 3 heteroatoms. The lowest BCUT2D eigenvalue weighted by molar-refractivity contribution is 0.487. The van der Waals surface area contributed by atoms with Crippen LogP contribution in [0.3, 0.4) is 0 Å². The molecule has 0 aliphatic carbocycles. The summed E-state index contributed by atoms with van der Waals surface area (Å²) in [6, 6.07) is 65.3. The molecule has 0 saturated heterocycles. The maximum atomic E-state index is 6.91. The van der Waals surface area contributed by atoms with Crippen LogP contribution < -0.4 is 4.74 Å². The Morgan fingerprint density at radius 3 is 1.42 bits per heavy atom. The summed E-state index contributed by atoms with van der Waals surface area (Å²) in [5.74, 6) is 1.67. The van der Waals surface area contributed by atoms with Crippen molar-refractivity contribution in [3.63, 3.8) is 0 Å². The van der Waals surface area contributed by atoms with Crippen molar-refractivity contribution in [3.8, 4) is 44.9 Å². The summed E-state index contributed by atoms with van der Waals surface area (Å²) in [7, 11) is 0. The third-order valence-corrected chi connectivity index (χ3v) is 12.8. The van der Waals surface area contributed by atoms with Gasteiger partial charge in [0.1, 0.15) is 33.8 Å². The molecule has 0 radical (unpaired) electrons. The molecular weight excluding hydrogens is 721 g/mol. The fourth-order valence-corrected chi connectivity index (χ4v) is 10.1. The lowest BCUT2D eigenvalue weighted by Gasteiger charge is -2.23. The van der Waals surface area contributed by atoms with Crippen LogP contribution in [-0.4, -0.2) is 0 Å². The molecule has 13 aromatic rings. The van der Waals surface area contributed by atoms with E-state index >= 15 is 0 Å². The second kappa shape index (κ2) is 11.4. The van der Waals surface area contributed by atoms with Gasteiger partial charge in [0.05, 0.1) is 0 Å². The number of ether oxygens (including phenoxy) is 1. The van der Waals surface area contributed by atoms with Crippen molar-refractivity contribution in [3.05, 3.63) is 182 Å². The number of hydrogen-bond acceptors (Lipinski definition) is 3. The molecule has 1 aliphatic rings. The second-order valence-corrected chi connectivity index (χ2v) is 15.9. The third kappa shape index (κ3) is 4.31. The Bertz CT molecular complexity index is 3990. The minimum absolute atomic E-state index is 0.829. The van der Waals surface area contributed by atoms with Crippen LogP contribution in [0.15, 0.2) is 191 Å². The van der Waals surface area contributed by atoms with Crippen molar-refractivity contribution in [2.75, 3.05) is 0 Å². The number of fused-ring (bicyclic) bond motifs is 14. The summed E-state index contributed by atoms with van der Waals surface area (Å²) in [5.41, 5.74) is 10.1. The Morgan fingerprint density at radius 1 is 0.271 bits per heavy atom. The molecule has 0 bridgehead atoms. The van der Waals surface area contributed by atoms with Crippen LogP contribution in [0.2, 0.25) is 0 Å². The molecule has 0 saturated carbocycles. The predicted octanol–water partition coefficient (Wildman–Crippen LogP) is 16.4. The second-order valence-electron chi connectivity index (χ2n) is 15.9. The van der Waals surface area contributed by atoms with Crippen LogP contribution in [0.25, 0.3) is 131 Å². The highest BCUT2D eigenvalue weighted by Crippen LogP contribution is 2.52. The van der Waals surface area contributed by atoms with E-state index in [0.29, 0.717) is 0 Å². The van der Waals surface area contributed by atoms with E-state index in [4.69, 9.17) is 13.6 Å². The molecule has 14 rings (SSSR count). The Labute approximate surface area is 336 Å². The summed E-state index contributed by atoms with van der Waals surface area (Å²) in [4.78, 5) is 0. The van der Waals surface area contributed by atoms with E-state index in [1.807, 2.05) is 0 Å². The zero-order valence-corrected chi connectivity index (χ0v) is 31.5. The van der Waals surface area contributed by atoms with E-state index in [2.05, 4.69) is 182 Å². The van der Waals surface area contributed by atoms with Crippen molar-refractivity contribution >= 4 is 97.7 Å². The number of hydrogen-bond donors (Lipinski definition) is 0. The fraction of sp³-hybridized carbons (Fsp3) is 0. The van der Waals surface area contributed by atoms with E-state index < -0.39 is 0 Å². The normalized spacial score (nSPS) is 12.5. The van der Waals surface area contributed by atoms with Gasteiger partial charge in [0.25, 0.3) is 0 Å². The van der Waals surface area contributed by atoms with Gasteiger partial charge in [-0.05, 0) is 120 Å². The maximum Gasteiger partial charge on any atom is 0.143 e. The number of benzene rings is 11. The van der Waals surface area contributed by atoms with Gasteiger partial charge >= 0.3 is 0 Å². The quantitative estimate of drug-likeness (QED) is 0.176. The minimum atomic E-state index is 0.829. The van der Waals surface area contributed by atoms with Crippen LogP contribution in [0.4, 0.5) is 0 Å². The lowest BCUT2D eigenvalue weighted by Crippen LogP contribution is -1.98. The maximum absolute atomic E-state index is 6.91. The van der Waals surface area contributed by atoms with Gasteiger partial charge < -0.3 is 13.6 Å². The molecule has 0 amide bonds. The lowest BCUT2D eigenvalue weighted by atomic mass is 9.87. The molecule has 59 heavy (non-hydrogen) atoms. The minimum Gasteiger partial charge on any atom is -0.456 e. The zero-order valence-electron chi connectivity index (χ0n) is 31.5. The first-order chi connectivity index (χ1) is 29.2. The summed E-state index contributed by atoms with van der Waals surface area (Å²) in [6.07, 6.45) is 0. The molecule has 2 aromatic heterocycles. The third-order valence-electron chi connectivity index (χ3n) is 12.8. The highest BCUT2D eigenvalue weighted by Gasteiger charge is 2.26. The molecule has 0 atom stereocenters. The summed E-state index contributed by atoms with van der Waals surface area (Å²) < 4.78 is 20.6. The highest BCUT2D eigenvalue weighted by atomic mass is 16.5. The Hall–Kier alpha value is -7.88. The topological polar surface area (TPSA) is 35.5 Å². The van der Waals surface area contributed by atoms with Crippen LogP contribution in [0, 0.1) is 0 Å². The van der Waals surface area contributed by atoms with E-state index in [-0.39, 0.29) is 0 Å². The van der Waals surface area contributed by atoms with Crippen molar-refractivity contribution in [1.29, 1.82) is 0 Å². The first kappa shape index (κ1) is 31.2. The Morgan fingerprint density at radius 2 is 0.780 bits per heavy atom. The fourth-order valence-electron chi connectivity index (χ4n) is 10.1. The molecule has 0 fully saturated rings. The van der Waals surface area contributed by atoms with Crippen molar-refractivity contribution in [2.24, 2.45) is 0 Å². The van der Waals surface area contributed by atoms with Gasteiger partial charge in [0.2, 0.25) is 0 Å². The van der Waals surface area contributed by atoms with E-state index in [1.165, 1.54) is 43.1 Å². The van der Waals surface area contributed by atoms with Crippen molar-refractivity contribution in [2.45, 2.75) is 0 Å². The molecule has 0 unspecified atom stereocenters.